The van der Waals surface area contributed by atoms with E-state index in [1.165, 1.54) is 0 Å². The number of carbonyl (C=O) groups excluding carboxylic acids is 1. The molecule has 0 aliphatic carbocycles. The third kappa shape index (κ3) is 4.08. The van der Waals surface area contributed by atoms with Crippen molar-refractivity contribution in [3.8, 4) is 0 Å². The minimum atomic E-state index is -0.192. The molecule has 0 aliphatic heterocycles. The van der Waals surface area contributed by atoms with Crippen LogP contribution in [0.4, 0.5) is 0 Å². The zero-order chi connectivity index (χ0) is 15.2. The summed E-state index contributed by atoms with van der Waals surface area (Å²) in [5.41, 5.74) is 1.87. The van der Waals surface area contributed by atoms with Crippen molar-refractivity contribution in [2.75, 3.05) is 13.2 Å². The van der Waals surface area contributed by atoms with E-state index in [-0.39, 0.29) is 12.5 Å². The lowest BCUT2D eigenvalue weighted by Crippen LogP contribution is -2.29. The second-order valence-corrected chi connectivity index (χ2v) is 5.53. The molecule has 2 N–H and O–H groups in total. The van der Waals surface area contributed by atoms with Crippen molar-refractivity contribution in [2.45, 2.75) is 33.1 Å². The van der Waals surface area contributed by atoms with Crippen molar-refractivity contribution >= 4 is 16.9 Å². The van der Waals surface area contributed by atoms with Crippen molar-refractivity contribution in [1.82, 2.24) is 5.32 Å². The van der Waals surface area contributed by atoms with Gasteiger partial charge in [-0.2, -0.15) is 0 Å². The van der Waals surface area contributed by atoms with Gasteiger partial charge in [0.1, 0.15) is 5.58 Å². The Hall–Kier alpha value is -1.81. The van der Waals surface area contributed by atoms with E-state index in [1.807, 2.05) is 25.1 Å². The molecule has 1 unspecified atom stereocenters. The minimum Gasteiger partial charge on any atom is -0.451 e. The Bertz CT molecular complexity index is 597. The van der Waals surface area contributed by atoms with Gasteiger partial charge >= 0.3 is 0 Å². The van der Waals surface area contributed by atoms with Crippen molar-refractivity contribution in [1.29, 1.82) is 0 Å². The lowest BCUT2D eigenvalue weighted by molar-refractivity contribution is 0.0917. The van der Waals surface area contributed by atoms with Crippen molar-refractivity contribution < 1.29 is 14.3 Å². The highest BCUT2D eigenvalue weighted by molar-refractivity contribution is 5.96. The Labute approximate surface area is 125 Å². The van der Waals surface area contributed by atoms with Crippen LogP contribution in [0.25, 0.3) is 11.0 Å². The first kappa shape index (κ1) is 15.6. The molecule has 1 heterocycles. The number of fused-ring (bicyclic) bond motifs is 1. The number of furan rings is 1. The van der Waals surface area contributed by atoms with Gasteiger partial charge in [0, 0.05) is 18.5 Å². The topological polar surface area (TPSA) is 62.5 Å². The van der Waals surface area contributed by atoms with Crippen LogP contribution in [0.15, 0.2) is 28.7 Å². The molecule has 2 aromatic rings. The van der Waals surface area contributed by atoms with E-state index < -0.39 is 0 Å². The predicted molar refractivity (Wildman–Crippen MR) is 83.4 cm³/mol. The van der Waals surface area contributed by atoms with Crippen LogP contribution >= 0.6 is 0 Å². The second kappa shape index (κ2) is 7.27. The molecule has 0 radical (unpaired) electrons. The maximum Gasteiger partial charge on any atom is 0.287 e. The Kier molecular flexibility index (Phi) is 5.39. The first-order valence-electron chi connectivity index (χ1n) is 7.53. The van der Waals surface area contributed by atoms with Crippen LogP contribution in [-0.4, -0.2) is 24.2 Å². The maximum atomic E-state index is 12.1. The van der Waals surface area contributed by atoms with E-state index in [1.54, 1.807) is 6.07 Å². The molecule has 114 valence electrons. The largest absolute Gasteiger partial charge is 0.451 e. The summed E-state index contributed by atoms with van der Waals surface area (Å²) in [4.78, 5) is 12.1. The number of aryl methyl sites for hydroxylation is 1. The maximum absolute atomic E-state index is 12.1. The van der Waals surface area contributed by atoms with E-state index in [0.29, 0.717) is 24.6 Å². The summed E-state index contributed by atoms with van der Waals surface area (Å²) < 4.78 is 5.58. The van der Waals surface area contributed by atoms with Crippen LogP contribution in [0.3, 0.4) is 0 Å². The van der Waals surface area contributed by atoms with Gasteiger partial charge in [-0.05, 0) is 43.9 Å². The molecule has 1 atom stereocenters. The predicted octanol–water partition coefficient (Wildman–Crippen LogP) is 3.27. The molecule has 0 fully saturated rings. The normalized spacial score (nSPS) is 12.5. The van der Waals surface area contributed by atoms with Crippen LogP contribution in [-0.2, 0) is 0 Å². The Balaban J connectivity index is 2.01. The summed E-state index contributed by atoms with van der Waals surface area (Å²) >= 11 is 0. The van der Waals surface area contributed by atoms with Crippen LogP contribution in [0, 0.1) is 12.8 Å². The Morgan fingerprint density at radius 3 is 2.86 bits per heavy atom. The quantitative estimate of drug-likeness (QED) is 0.822. The molecule has 0 bridgehead atoms. The molecule has 0 aliphatic rings. The van der Waals surface area contributed by atoms with E-state index in [2.05, 4.69) is 12.2 Å². The molecule has 2 rings (SSSR count). The van der Waals surface area contributed by atoms with Gasteiger partial charge in [-0.3, -0.25) is 4.79 Å². The number of amides is 1. The molecule has 1 aromatic heterocycles. The molecule has 21 heavy (non-hydrogen) atoms. The van der Waals surface area contributed by atoms with Gasteiger partial charge in [0.2, 0.25) is 0 Å². The molecule has 0 saturated carbocycles. The Morgan fingerprint density at radius 1 is 1.33 bits per heavy atom. The highest BCUT2D eigenvalue weighted by atomic mass is 16.3. The van der Waals surface area contributed by atoms with Crippen LogP contribution in [0.5, 0.6) is 0 Å². The van der Waals surface area contributed by atoms with Crippen LogP contribution in [0.1, 0.15) is 42.3 Å². The second-order valence-electron chi connectivity index (χ2n) is 5.53. The summed E-state index contributed by atoms with van der Waals surface area (Å²) in [5, 5.41) is 12.9. The molecule has 4 nitrogen and oxygen atoms in total. The summed E-state index contributed by atoms with van der Waals surface area (Å²) in [5.74, 6) is 0.466. The number of nitrogens with one attached hydrogen (secondary N) is 1. The average Bonchev–Trinajstić information content (AvgIpc) is 2.88. The highest BCUT2D eigenvalue weighted by Gasteiger charge is 2.14. The number of aliphatic hydroxyl groups excluding tert-OH is 1. The number of hydrogen-bond donors (Lipinski definition) is 2. The Morgan fingerprint density at radius 2 is 2.14 bits per heavy atom. The van der Waals surface area contributed by atoms with Crippen LogP contribution < -0.4 is 5.32 Å². The lowest BCUT2D eigenvalue weighted by Gasteiger charge is -2.14. The van der Waals surface area contributed by atoms with Gasteiger partial charge in [-0.25, -0.2) is 0 Å². The monoisotopic (exact) mass is 289 g/mol. The molecule has 4 heteroatoms. The molecule has 0 saturated heterocycles. The van der Waals surface area contributed by atoms with Crippen molar-refractivity contribution in [3.05, 3.63) is 35.6 Å². The van der Waals surface area contributed by atoms with Crippen molar-refractivity contribution in [2.24, 2.45) is 5.92 Å². The summed E-state index contributed by atoms with van der Waals surface area (Å²) in [6, 6.07) is 7.62. The highest BCUT2D eigenvalue weighted by Crippen LogP contribution is 2.20. The van der Waals surface area contributed by atoms with Gasteiger partial charge in [0.15, 0.2) is 5.76 Å². The first-order valence-corrected chi connectivity index (χ1v) is 7.53. The third-order valence-corrected chi connectivity index (χ3v) is 3.68. The fraction of sp³-hybridized carbons (Fsp3) is 0.471. The van der Waals surface area contributed by atoms with E-state index in [4.69, 9.17) is 9.52 Å². The van der Waals surface area contributed by atoms with Gasteiger partial charge in [0.05, 0.1) is 0 Å². The van der Waals surface area contributed by atoms with Gasteiger partial charge < -0.3 is 14.8 Å². The fourth-order valence-electron chi connectivity index (χ4n) is 2.54. The molecular weight excluding hydrogens is 266 g/mol. The number of carbonyl (C=O) groups is 1. The molecule has 1 aromatic carbocycles. The molecular formula is C17H23NO3. The zero-order valence-corrected chi connectivity index (χ0v) is 12.7. The van der Waals surface area contributed by atoms with Gasteiger partial charge in [-0.15, -0.1) is 0 Å². The smallest absolute Gasteiger partial charge is 0.287 e. The molecule has 1 amide bonds. The molecule has 0 spiro atoms. The lowest BCUT2D eigenvalue weighted by atomic mass is 10.0. The first-order chi connectivity index (χ1) is 10.1. The van der Waals surface area contributed by atoms with Gasteiger partial charge in [0.25, 0.3) is 5.91 Å². The number of hydrogen-bond acceptors (Lipinski definition) is 3. The third-order valence-electron chi connectivity index (χ3n) is 3.68. The van der Waals surface area contributed by atoms with E-state index in [0.717, 1.165) is 29.4 Å². The SMILES string of the molecule is CCCC(CCO)CNC(=O)c1cc2cc(C)ccc2o1. The van der Waals surface area contributed by atoms with Gasteiger partial charge in [-0.1, -0.05) is 25.0 Å². The zero-order valence-electron chi connectivity index (χ0n) is 12.7. The summed E-state index contributed by atoms with van der Waals surface area (Å²) in [6.07, 6.45) is 2.76. The number of rotatable bonds is 7. The fourth-order valence-corrected chi connectivity index (χ4v) is 2.54. The van der Waals surface area contributed by atoms with E-state index >= 15 is 0 Å². The summed E-state index contributed by atoms with van der Waals surface area (Å²) in [7, 11) is 0. The number of benzene rings is 1. The standard InChI is InChI=1S/C17H23NO3/c1-3-4-13(7-8-19)11-18-17(20)16-10-14-9-12(2)5-6-15(14)21-16/h5-6,9-10,13,19H,3-4,7-8,11H2,1-2H3,(H,18,20). The van der Waals surface area contributed by atoms with Crippen molar-refractivity contribution in [3.63, 3.8) is 0 Å². The van der Waals surface area contributed by atoms with E-state index in [9.17, 15) is 4.79 Å². The average molecular weight is 289 g/mol. The van der Waals surface area contributed by atoms with Crippen LogP contribution in [0.2, 0.25) is 0 Å². The number of aliphatic hydroxyl groups is 1. The summed E-state index contributed by atoms with van der Waals surface area (Å²) in [6.45, 7) is 4.85. The minimum absolute atomic E-state index is 0.157.